The average Bonchev–Trinajstić information content (AvgIpc) is 3.10. The number of halogens is 3. The van der Waals surface area contributed by atoms with Crippen molar-refractivity contribution in [1.29, 1.82) is 0 Å². The number of rotatable bonds is 6. The third-order valence-electron chi connectivity index (χ3n) is 3.43. The van der Waals surface area contributed by atoms with Crippen molar-refractivity contribution in [3.63, 3.8) is 0 Å². The van der Waals surface area contributed by atoms with Crippen LogP contribution in [0.25, 0.3) is 17.5 Å². The highest BCUT2D eigenvalue weighted by molar-refractivity contribution is 9.11. The van der Waals surface area contributed by atoms with E-state index in [4.69, 9.17) is 20.8 Å². The molecule has 3 aromatic rings. The van der Waals surface area contributed by atoms with Gasteiger partial charge >= 0.3 is 5.97 Å². The average molecular weight is 547 g/mol. The first-order valence-corrected chi connectivity index (χ1v) is 10.4. The lowest BCUT2D eigenvalue weighted by atomic mass is 10.2. The highest BCUT2D eigenvalue weighted by Gasteiger charge is 2.17. The van der Waals surface area contributed by atoms with Crippen LogP contribution >= 0.6 is 55.2 Å². The van der Waals surface area contributed by atoms with Gasteiger partial charge in [-0.15, -0.1) is 10.2 Å². The van der Waals surface area contributed by atoms with E-state index in [-0.39, 0.29) is 16.0 Å². The lowest BCUT2D eigenvalue weighted by Crippen LogP contribution is -1.97. The number of hydrogen-bond donors (Lipinski definition) is 1. The lowest BCUT2D eigenvalue weighted by Gasteiger charge is -2.07. The molecule has 0 spiro atoms. The Labute approximate surface area is 186 Å². The van der Waals surface area contributed by atoms with Crippen molar-refractivity contribution >= 4 is 67.3 Å². The minimum Gasteiger partial charge on any atom is -0.494 e. The minimum atomic E-state index is -1.11. The predicted molar refractivity (Wildman–Crippen MR) is 115 cm³/mol. The molecular weight excluding hydrogens is 536 g/mol. The van der Waals surface area contributed by atoms with Crippen molar-refractivity contribution in [3.05, 3.63) is 60.8 Å². The summed E-state index contributed by atoms with van der Waals surface area (Å²) in [4.78, 5) is 11.7. The Morgan fingerprint density at radius 2 is 1.86 bits per heavy atom. The Kier molecular flexibility index (Phi) is 6.82. The molecule has 0 saturated heterocycles. The van der Waals surface area contributed by atoms with Crippen molar-refractivity contribution in [2.75, 3.05) is 7.11 Å². The van der Waals surface area contributed by atoms with Gasteiger partial charge in [-0.2, -0.15) is 0 Å². The second-order valence-corrected chi connectivity index (χ2v) is 8.45. The highest BCUT2D eigenvalue weighted by atomic mass is 79.9. The fourth-order valence-electron chi connectivity index (χ4n) is 2.20. The standard InChI is InChI=1S/C18H11Br2ClN2O4S/c1-26-15-12(19)6-9(7-13(15)20)8-14(17(24)25)28-18-23-22-16(27-18)10-2-4-11(21)5-3-10/h2-8H,1H3,(H,24,25)/b14-8-. The molecule has 0 fully saturated rings. The van der Waals surface area contributed by atoms with Gasteiger partial charge in [0.15, 0.2) is 0 Å². The van der Waals surface area contributed by atoms with Gasteiger partial charge in [0.05, 0.1) is 16.1 Å². The Morgan fingerprint density at radius 3 is 2.43 bits per heavy atom. The van der Waals surface area contributed by atoms with Gasteiger partial charge in [0.25, 0.3) is 5.22 Å². The van der Waals surface area contributed by atoms with Gasteiger partial charge in [0, 0.05) is 10.6 Å². The maximum absolute atomic E-state index is 11.7. The fraction of sp³-hybridized carbons (Fsp3) is 0.0556. The quantitative estimate of drug-likeness (QED) is 0.294. The SMILES string of the molecule is COc1c(Br)cc(/C=C(\Sc2nnc(-c3ccc(Cl)cc3)o2)C(=O)O)cc1Br. The first-order valence-electron chi connectivity index (χ1n) is 7.62. The number of nitrogens with zero attached hydrogens (tertiary/aromatic N) is 2. The number of thioether (sulfide) groups is 1. The normalized spacial score (nSPS) is 11.5. The Balaban J connectivity index is 1.87. The molecule has 0 atom stereocenters. The summed E-state index contributed by atoms with van der Waals surface area (Å²) in [6.07, 6.45) is 1.51. The third-order valence-corrected chi connectivity index (χ3v) is 5.71. The molecule has 0 radical (unpaired) electrons. The summed E-state index contributed by atoms with van der Waals surface area (Å²) in [5, 5.41) is 18.1. The van der Waals surface area contributed by atoms with Crippen molar-refractivity contribution in [1.82, 2.24) is 10.2 Å². The van der Waals surface area contributed by atoms with Crippen LogP contribution in [0.3, 0.4) is 0 Å². The Bertz CT molecular complexity index is 1030. The number of aromatic nitrogens is 2. The lowest BCUT2D eigenvalue weighted by molar-refractivity contribution is -0.131. The molecule has 1 aromatic heterocycles. The molecule has 144 valence electrons. The van der Waals surface area contributed by atoms with E-state index < -0.39 is 5.97 Å². The largest absolute Gasteiger partial charge is 0.494 e. The molecule has 1 N–H and O–H groups in total. The number of carbonyl (C=O) groups is 1. The maximum atomic E-state index is 11.7. The van der Waals surface area contributed by atoms with Gasteiger partial charge in [-0.1, -0.05) is 11.6 Å². The number of benzene rings is 2. The molecule has 0 unspecified atom stereocenters. The van der Waals surface area contributed by atoms with E-state index >= 15 is 0 Å². The van der Waals surface area contributed by atoms with Crippen LogP contribution in [-0.2, 0) is 4.79 Å². The number of carboxylic acids is 1. The maximum Gasteiger partial charge on any atom is 0.342 e. The molecule has 0 aliphatic heterocycles. The molecule has 0 saturated carbocycles. The number of hydrogen-bond acceptors (Lipinski definition) is 6. The van der Waals surface area contributed by atoms with Crippen molar-refractivity contribution < 1.29 is 19.1 Å². The molecule has 0 aliphatic rings. The van der Waals surface area contributed by atoms with Crippen molar-refractivity contribution in [2.45, 2.75) is 5.22 Å². The summed E-state index contributed by atoms with van der Waals surface area (Å²) >= 11 is 13.5. The highest BCUT2D eigenvalue weighted by Crippen LogP contribution is 2.36. The van der Waals surface area contributed by atoms with Crippen LogP contribution in [0, 0.1) is 0 Å². The summed E-state index contributed by atoms with van der Waals surface area (Å²) < 4.78 is 12.2. The molecule has 6 nitrogen and oxygen atoms in total. The summed E-state index contributed by atoms with van der Waals surface area (Å²) in [7, 11) is 1.55. The first kappa shape index (κ1) is 20.9. The van der Waals surface area contributed by atoms with Gasteiger partial charge in [-0.3, -0.25) is 0 Å². The fourth-order valence-corrected chi connectivity index (χ4v) is 4.54. The molecule has 2 aromatic carbocycles. The van der Waals surface area contributed by atoms with E-state index in [2.05, 4.69) is 42.1 Å². The topological polar surface area (TPSA) is 85.5 Å². The van der Waals surface area contributed by atoms with Gasteiger partial charge < -0.3 is 14.3 Å². The van der Waals surface area contributed by atoms with Crippen molar-refractivity contribution in [2.24, 2.45) is 0 Å². The molecular formula is C18H11Br2ClN2O4S. The van der Waals surface area contributed by atoms with Gasteiger partial charge in [-0.25, -0.2) is 4.79 Å². The number of methoxy groups -OCH3 is 1. The zero-order valence-electron chi connectivity index (χ0n) is 14.1. The third kappa shape index (κ3) is 4.96. The molecule has 0 bridgehead atoms. The zero-order chi connectivity index (χ0) is 20.3. The monoisotopic (exact) mass is 544 g/mol. The van der Waals surface area contributed by atoms with Gasteiger partial charge in [0.2, 0.25) is 5.89 Å². The number of aliphatic carboxylic acids is 1. The summed E-state index contributed by atoms with van der Waals surface area (Å²) in [6, 6.07) is 10.4. The van der Waals surface area contributed by atoms with E-state index in [9.17, 15) is 9.90 Å². The van der Waals surface area contributed by atoms with Crippen LogP contribution in [0.4, 0.5) is 0 Å². The van der Waals surface area contributed by atoms with Crippen LogP contribution in [0.15, 0.2) is 59.9 Å². The second-order valence-electron chi connectivity index (χ2n) is 5.31. The minimum absolute atomic E-state index is 0.0234. The van der Waals surface area contributed by atoms with Crippen LogP contribution in [0.1, 0.15) is 5.56 Å². The molecule has 28 heavy (non-hydrogen) atoms. The molecule has 1 heterocycles. The summed E-state index contributed by atoms with van der Waals surface area (Å²) in [6.45, 7) is 0. The first-order chi connectivity index (χ1) is 13.4. The van der Waals surface area contributed by atoms with Crippen LogP contribution in [0.2, 0.25) is 5.02 Å². The van der Waals surface area contributed by atoms with Gasteiger partial charge in [-0.05, 0) is 91.7 Å². The number of carboxylic acid groups (broad SMARTS) is 1. The summed E-state index contributed by atoms with van der Waals surface area (Å²) in [5.41, 5.74) is 1.34. The van der Waals surface area contributed by atoms with E-state index in [0.717, 1.165) is 11.8 Å². The predicted octanol–water partition coefficient (Wildman–Crippen LogP) is 6.14. The molecule has 0 amide bonds. The smallest absolute Gasteiger partial charge is 0.342 e. The van der Waals surface area contributed by atoms with Gasteiger partial charge in [0.1, 0.15) is 10.7 Å². The van der Waals surface area contributed by atoms with E-state index in [1.54, 1.807) is 43.5 Å². The number of ether oxygens (including phenoxy) is 1. The Hall–Kier alpha value is -1.81. The summed E-state index contributed by atoms with van der Waals surface area (Å²) in [5.74, 6) is -0.218. The molecule has 0 aliphatic carbocycles. The second kappa shape index (κ2) is 9.13. The van der Waals surface area contributed by atoms with E-state index in [0.29, 0.717) is 30.8 Å². The van der Waals surface area contributed by atoms with Crippen LogP contribution in [-0.4, -0.2) is 28.4 Å². The van der Waals surface area contributed by atoms with Crippen LogP contribution in [0.5, 0.6) is 5.75 Å². The molecule has 3 rings (SSSR count). The van der Waals surface area contributed by atoms with E-state index in [1.165, 1.54) is 6.08 Å². The van der Waals surface area contributed by atoms with Crippen LogP contribution < -0.4 is 4.74 Å². The van der Waals surface area contributed by atoms with Crippen molar-refractivity contribution in [3.8, 4) is 17.2 Å². The Morgan fingerprint density at radius 1 is 1.21 bits per heavy atom. The molecule has 10 heteroatoms. The zero-order valence-corrected chi connectivity index (χ0v) is 18.9. The van der Waals surface area contributed by atoms with E-state index in [1.807, 2.05) is 0 Å².